The van der Waals surface area contributed by atoms with E-state index >= 15 is 0 Å². The van der Waals surface area contributed by atoms with E-state index in [0.717, 1.165) is 0 Å². The molecule has 1 aromatic carbocycles. The zero-order chi connectivity index (χ0) is 15.0. The number of carbonyl (C=O) groups is 2. The molecule has 0 bridgehead atoms. The molecule has 106 valence electrons. The van der Waals surface area contributed by atoms with Crippen LogP contribution in [-0.4, -0.2) is 39.4 Å². The highest BCUT2D eigenvalue weighted by Crippen LogP contribution is 2.28. The molecule has 0 aromatic heterocycles. The van der Waals surface area contributed by atoms with Crippen molar-refractivity contribution in [3.8, 4) is 23.8 Å². The van der Waals surface area contributed by atoms with Crippen LogP contribution in [-0.2, 0) is 14.3 Å². The van der Waals surface area contributed by atoms with Gasteiger partial charge >= 0.3 is 11.9 Å². The van der Waals surface area contributed by atoms with Gasteiger partial charge in [0.05, 0.1) is 19.8 Å². The van der Waals surface area contributed by atoms with Gasteiger partial charge < -0.3 is 18.9 Å². The van der Waals surface area contributed by atoms with E-state index in [0.29, 0.717) is 5.75 Å². The second-order valence-electron chi connectivity index (χ2n) is 3.51. The molecule has 0 amide bonds. The number of methoxy groups -OCH3 is 2. The number of esters is 2. The van der Waals surface area contributed by atoms with Gasteiger partial charge in [0.15, 0.2) is 24.7 Å². The summed E-state index contributed by atoms with van der Waals surface area (Å²) in [4.78, 5) is 22.7. The number of benzene rings is 1. The Hall–Kier alpha value is -2.68. The first-order valence-corrected chi connectivity index (χ1v) is 5.60. The largest absolute Gasteiger partial charge is 0.493 e. The summed E-state index contributed by atoms with van der Waals surface area (Å²) in [5.41, 5.74) is 0.237. The molecule has 20 heavy (non-hydrogen) atoms. The van der Waals surface area contributed by atoms with Crippen molar-refractivity contribution in [1.29, 1.82) is 0 Å². The number of rotatable bonds is 6. The average Bonchev–Trinajstić information content (AvgIpc) is 2.49. The van der Waals surface area contributed by atoms with E-state index in [4.69, 9.17) is 20.6 Å². The molecule has 0 N–H and O–H groups in total. The minimum atomic E-state index is -0.589. The molecule has 0 unspecified atom stereocenters. The van der Waals surface area contributed by atoms with E-state index in [1.54, 1.807) is 0 Å². The highest BCUT2D eigenvalue weighted by Gasteiger charge is 2.13. The van der Waals surface area contributed by atoms with Gasteiger partial charge in [-0.2, -0.15) is 0 Å². The third-order valence-corrected chi connectivity index (χ3v) is 2.26. The molecule has 0 aliphatic heterocycles. The Labute approximate surface area is 116 Å². The summed E-state index contributed by atoms with van der Waals surface area (Å²) in [6.45, 7) is -0.418. The maximum atomic E-state index is 11.6. The molecule has 0 aliphatic rings. The highest BCUT2D eigenvalue weighted by atomic mass is 16.6. The van der Waals surface area contributed by atoms with Crippen LogP contribution in [0.2, 0.25) is 0 Å². The van der Waals surface area contributed by atoms with Gasteiger partial charge in [-0.05, 0) is 18.2 Å². The van der Waals surface area contributed by atoms with Crippen LogP contribution in [0.25, 0.3) is 0 Å². The Balaban J connectivity index is 2.88. The summed E-state index contributed by atoms with van der Waals surface area (Å²) in [6.07, 6.45) is 5.00. The standard InChI is InChI=1S/C14H14O6/c1-4-7-19-14(16)10-5-6-11(17-2)12(8-10)20-9-13(15)18-3/h1,5-6,8H,7,9H2,2-3H3. The topological polar surface area (TPSA) is 71.1 Å². The summed E-state index contributed by atoms with van der Waals surface area (Å²) < 4.78 is 19.5. The molecular weight excluding hydrogens is 264 g/mol. The predicted molar refractivity (Wildman–Crippen MR) is 69.6 cm³/mol. The molecule has 0 heterocycles. The SMILES string of the molecule is C#CCOC(=O)c1ccc(OC)c(OCC(=O)OC)c1. The molecule has 0 aliphatic carbocycles. The summed E-state index contributed by atoms with van der Waals surface area (Å²) in [6, 6.07) is 4.43. The van der Waals surface area contributed by atoms with Gasteiger partial charge in [-0.1, -0.05) is 5.92 Å². The molecule has 0 radical (unpaired) electrons. The van der Waals surface area contributed by atoms with Crippen molar-refractivity contribution < 1.29 is 28.5 Å². The highest BCUT2D eigenvalue weighted by molar-refractivity contribution is 5.90. The summed E-state index contributed by atoms with van der Waals surface area (Å²) >= 11 is 0. The predicted octanol–water partition coefficient (Wildman–Crippen LogP) is 1.04. The van der Waals surface area contributed by atoms with E-state index in [9.17, 15) is 9.59 Å². The number of hydrogen-bond donors (Lipinski definition) is 0. The first kappa shape index (κ1) is 15.4. The lowest BCUT2D eigenvalue weighted by Gasteiger charge is -2.11. The quantitative estimate of drug-likeness (QED) is 0.572. The first-order valence-electron chi connectivity index (χ1n) is 5.60. The van der Waals surface area contributed by atoms with Crippen LogP contribution in [0.3, 0.4) is 0 Å². The fourth-order valence-electron chi connectivity index (χ4n) is 1.30. The molecule has 0 atom stereocenters. The van der Waals surface area contributed by atoms with E-state index in [1.165, 1.54) is 32.4 Å². The van der Waals surface area contributed by atoms with E-state index < -0.39 is 11.9 Å². The van der Waals surface area contributed by atoms with Crippen molar-refractivity contribution in [2.24, 2.45) is 0 Å². The van der Waals surface area contributed by atoms with Gasteiger partial charge in [0, 0.05) is 0 Å². The van der Waals surface area contributed by atoms with E-state index in [2.05, 4.69) is 10.7 Å². The number of ether oxygens (including phenoxy) is 4. The second-order valence-corrected chi connectivity index (χ2v) is 3.51. The summed E-state index contributed by atoms with van der Waals surface area (Å²) in [7, 11) is 2.69. The molecule has 6 heteroatoms. The minimum Gasteiger partial charge on any atom is -0.493 e. The zero-order valence-corrected chi connectivity index (χ0v) is 11.2. The minimum absolute atomic E-state index is 0.122. The van der Waals surface area contributed by atoms with Gasteiger partial charge in [0.25, 0.3) is 0 Å². The molecule has 0 saturated carbocycles. The smallest absolute Gasteiger partial charge is 0.343 e. The van der Waals surface area contributed by atoms with Crippen LogP contribution in [0.5, 0.6) is 11.5 Å². The van der Waals surface area contributed by atoms with Gasteiger partial charge in [0.1, 0.15) is 0 Å². The number of carbonyl (C=O) groups excluding carboxylic acids is 2. The first-order chi connectivity index (χ1) is 9.62. The van der Waals surface area contributed by atoms with E-state index in [-0.39, 0.29) is 24.5 Å². The van der Waals surface area contributed by atoms with Crippen LogP contribution < -0.4 is 9.47 Å². The second kappa shape index (κ2) is 7.69. The molecular formula is C14H14O6. The van der Waals surface area contributed by atoms with Crippen molar-refractivity contribution in [3.05, 3.63) is 23.8 Å². The van der Waals surface area contributed by atoms with Crippen LogP contribution in [0.15, 0.2) is 18.2 Å². The van der Waals surface area contributed by atoms with Crippen molar-refractivity contribution in [2.45, 2.75) is 0 Å². The molecule has 0 fully saturated rings. The van der Waals surface area contributed by atoms with Crippen molar-refractivity contribution in [1.82, 2.24) is 0 Å². The Bertz CT molecular complexity index is 529. The Kier molecular flexibility index (Phi) is 5.91. The molecule has 1 aromatic rings. The molecule has 0 spiro atoms. The lowest BCUT2D eigenvalue weighted by atomic mass is 10.2. The lowest BCUT2D eigenvalue weighted by molar-refractivity contribution is -0.142. The van der Waals surface area contributed by atoms with Crippen molar-refractivity contribution >= 4 is 11.9 Å². The molecule has 6 nitrogen and oxygen atoms in total. The Morgan fingerprint density at radius 2 is 2.00 bits per heavy atom. The van der Waals surface area contributed by atoms with Crippen molar-refractivity contribution in [2.75, 3.05) is 27.4 Å². The van der Waals surface area contributed by atoms with Gasteiger partial charge in [0.2, 0.25) is 0 Å². The number of terminal acetylenes is 1. The third kappa shape index (κ3) is 4.21. The van der Waals surface area contributed by atoms with Crippen LogP contribution >= 0.6 is 0 Å². The Morgan fingerprint density at radius 1 is 1.25 bits per heavy atom. The van der Waals surface area contributed by atoms with Crippen LogP contribution in [0, 0.1) is 12.3 Å². The third-order valence-electron chi connectivity index (χ3n) is 2.26. The van der Waals surface area contributed by atoms with Crippen molar-refractivity contribution in [3.63, 3.8) is 0 Å². The summed E-state index contributed by atoms with van der Waals surface area (Å²) in [5, 5.41) is 0. The summed E-state index contributed by atoms with van der Waals surface area (Å²) in [5.74, 6) is 1.66. The average molecular weight is 278 g/mol. The Morgan fingerprint density at radius 3 is 2.60 bits per heavy atom. The maximum Gasteiger partial charge on any atom is 0.343 e. The fraction of sp³-hybridized carbons (Fsp3) is 0.286. The molecule has 0 saturated heterocycles. The van der Waals surface area contributed by atoms with Crippen LogP contribution in [0.1, 0.15) is 10.4 Å². The monoisotopic (exact) mass is 278 g/mol. The van der Waals surface area contributed by atoms with Gasteiger partial charge in [-0.3, -0.25) is 0 Å². The lowest BCUT2D eigenvalue weighted by Crippen LogP contribution is -2.13. The normalized spacial score (nSPS) is 9.25. The van der Waals surface area contributed by atoms with Gasteiger partial charge in [-0.25, -0.2) is 9.59 Å². The fourth-order valence-corrected chi connectivity index (χ4v) is 1.30. The van der Waals surface area contributed by atoms with E-state index in [1.807, 2.05) is 0 Å². The maximum absolute atomic E-state index is 11.6. The van der Waals surface area contributed by atoms with Crippen LogP contribution in [0.4, 0.5) is 0 Å². The zero-order valence-electron chi connectivity index (χ0n) is 11.2. The number of hydrogen-bond acceptors (Lipinski definition) is 6. The van der Waals surface area contributed by atoms with Gasteiger partial charge in [-0.15, -0.1) is 6.42 Å². The molecule has 1 rings (SSSR count).